The molecule has 16 heteroatoms. The highest BCUT2D eigenvalue weighted by atomic mass is 32.1. The number of hydrogen-bond acceptors (Lipinski definition) is 16. The number of fused-ring (bicyclic) bond motifs is 6. The second-order valence-electron chi connectivity index (χ2n) is 33.2. The first-order chi connectivity index (χ1) is 56.6. The Bertz CT molecular complexity index is 5380. The third kappa shape index (κ3) is 19.4. The molecule has 14 aromatic rings. The summed E-state index contributed by atoms with van der Waals surface area (Å²) < 4.78 is 20.4. The number of thiophene rings is 12. The van der Waals surface area contributed by atoms with Gasteiger partial charge in [-0.1, -0.05) is 224 Å². The van der Waals surface area contributed by atoms with Gasteiger partial charge in [-0.25, -0.2) is 9.59 Å². The van der Waals surface area contributed by atoms with E-state index in [0.29, 0.717) is 58.5 Å². The molecule has 12 aromatic heterocycles. The van der Waals surface area contributed by atoms with E-state index in [1.807, 2.05) is 113 Å². The van der Waals surface area contributed by atoms with Gasteiger partial charge in [-0.3, -0.25) is 0 Å². The third-order valence-corrected chi connectivity index (χ3v) is 39.2. The molecule has 0 N–H and O–H groups in total. The molecule has 6 atom stereocenters. The fourth-order valence-corrected chi connectivity index (χ4v) is 32.6. The van der Waals surface area contributed by atoms with Crippen LogP contribution in [0.5, 0.6) is 0 Å². The molecule has 2 aromatic carbocycles. The van der Waals surface area contributed by atoms with Crippen LogP contribution in [0.25, 0.3) is 132 Å². The van der Waals surface area contributed by atoms with Crippen LogP contribution in [0.15, 0.2) is 84.9 Å². The number of esters is 2. The molecule has 116 heavy (non-hydrogen) atoms. The Morgan fingerprint density at radius 2 is 0.586 bits per heavy atom. The molecule has 0 aliphatic rings. The van der Waals surface area contributed by atoms with Gasteiger partial charge in [-0.05, 0) is 173 Å². The molecule has 0 aliphatic carbocycles. The fourth-order valence-electron chi connectivity index (χ4n) is 17.4. The average molecular weight is 1770 g/mol. The second-order valence-corrected chi connectivity index (χ2v) is 46.6. The minimum absolute atomic E-state index is 0.198. The van der Waals surface area contributed by atoms with E-state index in [1.165, 1.54) is 253 Å². The lowest BCUT2D eigenvalue weighted by Gasteiger charge is -2.14. The van der Waals surface area contributed by atoms with Crippen LogP contribution < -0.4 is 0 Å². The quantitative estimate of drug-likeness (QED) is 0.0357. The molecule has 4 nitrogen and oxygen atoms in total. The van der Waals surface area contributed by atoms with Crippen molar-refractivity contribution in [2.24, 2.45) is 35.5 Å². The number of benzene rings is 2. The Morgan fingerprint density at radius 1 is 0.284 bits per heavy atom. The smallest absolute Gasteiger partial charge is 0.348 e. The van der Waals surface area contributed by atoms with Crippen LogP contribution in [-0.4, -0.2) is 25.2 Å². The van der Waals surface area contributed by atoms with E-state index in [2.05, 4.69) is 182 Å². The molecule has 0 aliphatic heterocycles. The van der Waals surface area contributed by atoms with Crippen molar-refractivity contribution in [3.8, 4) is 71.0 Å². The van der Waals surface area contributed by atoms with Crippen LogP contribution in [0.4, 0.5) is 0 Å². The van der Waals surface area contributed by atoms with Crippen LogP contribution in [0, 0.1) is 49.4 Å². The maximum Gasteiger partial charge on any atom is 0.348 e. The number of rotatable bonds is 45. The highest BCUT2D eigenvalue weighted by Crippen LogP contribution is 2.61. The maximum absolute atomic E-state index is 15.1. The van der Waals surface area contributed by atoms with Crippen LogP contribution in [0.1, 0.15) is 286 Å². The van der Waals surface area contributed by atoms with Gasteiger partial charge in [0.2, 0.25) is 0 Å². The lowest BCUT2D eigenvalue weighted by atomic mass is 9.95. The Hall–Kier alpha value is -4.66. The van der Waals surface area contributed by atoms with Crippen molar-refractivity contribution in [1.29, 1.82) is 0 Å². The van der Waals surface area contributed by atoms with E-state index >= 15 is 4.79 Å². The predicted molar refractivity (Wildman–Crippen MR) is 529 cm³/mol. The standard InChI is InChI=1S/C100H122O4S12/c1-15-27-33-61(21-7)48-67-39-43-77(107-67)86-72-47-59(13)105-91(72)87(78-44-40-68(108-78)49-62(22-8)34-28-16-2)73-53-81(111-92(73)86)90-76-56-85(100(102)104-58-66(26-12)38-32-20-6)115-96(76)98(116-90)83-55-75-89(80-46-42-70(110-80)51-64(24-10)36-30-18-4)93-74(88(94(75)113-83)79-45-41-69(109-79)50-63(23-9)35-29-17-3)54-82(112-93)97-95-71(60(14)106-97)52-84(114-95)99(101)103-57-65(25-11)37-31-19-5/h39-47,52-56,61-66H,15-38,48-51,57-58H2,1-14H3. The van der Waals surface area contributed by atoms with Gasteiger partial charge in [0.05, 0.1) is 37.2 Å². The minimum Gasteiger partial charge on any atom is -0.461 e. The molecule has 0 amide bonds. The molecule has 0 bridgehead atoms. The molecule has 0 radical (unpaired) electrons. The van der Waals surface area contributed by atoms with E-state index in [9.17, 15) is 4.79 Å². The lowest BCUT2D eigenvalue weighted by molar-refractivity contribution is 0.0425. The first kappa shape index (κ1) is 87.7. The van der Waals surface area contributed by atoms with Crippen molar-refractivity contribution < 1.29 is 19.1 Å². The van der Waals surface area contributed by atoms with Gasteiger partial charge < -0.3 is 9.47 Å². The van der Waals surface area contributed by atoms with Crippen molar-refractivity contribution in [1.82, 2.24) is 0 Å². The maximum atomic E-state index is 15.1. The average Bonchev–Trinajstić information content (AvgIpc) is 1.55. The molecule has 618 valence electrons. The number of aryl methyl sites for hydroxylation is 2. The van der Waals surface area contributed by atoms with E-state index in [-0.39, 0.29) is 11.9 Å². The lowest BCUT2D eigenvalue weighted by Crippen LogP contribution is -2.13. The normalized spacial score (nSPS) is 13.8. The van der Waals surface area contributed by atoms with Gasteiger partial charge in [-0.15, -0.1) is 136 Å². The Kier molecular flexibility index (Phi) is 31.0. The summed E-state index contributed by atoms with van der Waals surface area (Å²) in [6.07, 6.45) is 32.9. The van der Waals surface area contributed by atoms with Gasteiger partial charge in [0.1, 0.15) is 9.75 Å². The summed E-state index contributed by atoms with van der Waals surface area (Å²) in [7, 11) is 0. The Labute approximate surface area is 740 Å². The van der Waals surface area contributed by atoms with Crippen LogP contribution in [0.3, 0.4) is 0 Å². The summed E-state index contributed by atoms with van der Waals surface area (Å²) in [5.74, 6) is 2.94. The second kappa shape index (κ2) is 41.0. The van der Waals surface area contributed by atoms with E-state index in [1.54, 1.807) is 22.7 Å². The van der Waals surface area contributed by atoms with Crippen molar-refractivity contribution in [2.45, 2.75) is 277 Å². The Morgan fingerprint density at radius 3 is 0.931 bits per heavy atom. The topological polar surface area (TPSA) is 52.6 Å². The van der Waals surface area contributed by atoms with Crippen molar-refractivity contribution in [2.75, 3.05) is 13.2 Å². The van der Waals surface area contributed by atoms with Gasteiger partial charge in [0.25, 0.3) is 0 Å². The van der Waals surface area contributed by atoms with Crippen molar-refractivity contribution in [3.63, 3.8) is 0 Å². The molecular formula is C100H122O4S12. The van der Waals surface area contributed by atoms with E-state index in [0.717, 1.165) is 87.8 Å². The Balaban J connectivity index is 1.00. The minimum atomic E-state index is -0.208. The third-order valence-electron chi connectivity index (χ3n) is 24.8. The summed E-state index contributed by atoms with van der Waals surface area (Å²) in [5.41, 5.74) is 5.42. The predicted octanol–water partition coefficient (Wildman–Crippen LogP) is 37.4. The van der Waals surface area contributed by atoms with Gasteiger partial charge >= 0.3 is 11.9 Å². The molecule has 14 rings (SSSR count). The number of carbonyl (C=O) groups is 2. The SMILES string of the molecule is CCCCC(CC)COC(=O)c1cc2c(C)sc(-c3cc4c(-c5ccc(CC(CC)CCCC)s5)c5sc(-c6sc(-c7cc8c(-c9ccc(CC(CC)CCCC)s9)c9sc(C)cc9c(-c9ccc(CC(CC)CCCC)s9)c8s7)c7cc(C(=O)OCC(CC)CCCC)sc67)cc5c(-c5ccc(CC(CC)CCCC)s5)c4s3)c2s1. The highest BCUT2D eigenvalue weighted by Gasteiger charge is 2.32. The van der Waals surface area contributed by atoms with Crippen LogP contribution >= 0.6 is 136 Å². The first-order valence-corrected chi connectivity index (χ1v) is 54.2. The fraction of sp³-hybridized carbons (Fsp3) is 0.500. The van der Waals surface area contributed by atoms with Crippen molar-refractivity contribution in [3.05, 3.63) is 124 Å². The molecular weight excluding hydrogens is 1650 g/mol. The molecule has 12 heterocycles. The monoisotopic (exact) mass is 1770 g/mol. The van der Waals surface area contributed by atoms with Gasteiger partial charge in [0.15, 0.2) is 0 Å². The van der Waals surface area contributed by atoms with Crippen LogP contribution in [0.2, 0.25) is 0 Å². The number of hydrogen-bond donors (Lipinski definition) is 0. The number of ether oxygens (including phenoxy) is 2. The van der Waals surface area contributed by atoms with E-state index < -0.39 is 0 Å². The largest absolute Gasteiger partial charge is 0.461 e. The first-order valence-electron chi connectivity index (χ1n) is 44.4. The summed E-state index contributed by atoms with van der Waals surface area (Å²) in [5, 5.41) is 7.63. The zero-order chi connectivity index (χ0) is 81.3. The van der Waals surface area contributed by atoms with Crippen LogP contribution in [-0.2, 0) is 35.2 Å². The molecule has 0 fully saturated rings. The number of carbonyl (C=O) groups excluding carboxylic acids is 2. The highest BCUT2D eigenvalue weighted by molar-refractivity contribution is 7.36. The van der Waals surface area contributed by atoms with Gasteiger partial charge in [0, 0.05) is 137 Å². The summed E-state index contributed by atoms with van der Waals surface area (Å²) in [6, 6.07) is 34.3. The van der Waals surface area contributed by atoms with E-state index in [4.69, 9.17) is 9.47 Å². The van der Waals surface area contributed by atoms with Crippen molar-refractivity contribution >= 4 is 208 Å². The number of unbranched alkanes of at least 4 members (excludes halogenated alkanes) is 6. The summed E-state index contributed by atoms with van der Waals surface area (Å²) in [4.78, 5) is 52.0. The molecule has 0 saturated heterocycles. The zero-order valence-corrected chi connectivity index (χ0v) is 81.1. The molecule has 0 saturated carbocycles. The molecule has 0 spiro atoms. The van der Waals surface area contributed by atoms with Gasteiger partial charge in [-0.2, -0.15) is 0 Å². The molecule has 6 unspecified atom stereocenters. The summed E-state index contributed by atoms with van der Waals surface area (Å²) in [6.45, 7) is 33.3. The summed E-state index contributed by atoms with van der Waals surface area (Å²) >= 11 is 23.1. The zero-order valence-electron chi connectivity index (χ0n) is 71.3.